The van der Waals surface area contributed by atoms with Crippen LogP contribution in [0.15, 0.2) is 152 Å². The van der Waals surface area contributed by atoms with Gasteiger partial charge in [0.2, 0.25) is 0 Å². The van der Waals surface area contributed by atoms with Crippen molar-refractivity contribution in [3.8, 4) is 0 Å². The summed E-state index contributed by atoms with van der Waals surface area (Å²) in [7, 11) is 0. The molecule has 7 aromatic carbocycles. The van der Waals surface area contributed by atoms with Crippen molar-refractivity contribution in [1.82, 2.24) is 0 Å². The number of hydrogen-bond donors (Lipinski definition) is 0. The van der Waals surface area contributed by atoms with Crippen LogP contribution in [0.3, 0.4) is 0 Å². The van der Waals surface area contributed by atoms with Crippen LogP contribution in [0.4, 0.5) is 34.1 Å². The Kier molecular flexibility index (Phi) is 6.89. The normalized spacial score (nSPS) is 11.1. The summed E-state index contributed by atoms with van der Waals surface area (Å²) in [6, 6.07) is 55.1. The van der Waals surface area contributed by atoms with Crippen molar-refractivity contribution in [2.75, 3.05) is 9.80 Å². The molecule has 0 aromatic heterocycles. The molecular weight excluding hydrogens is 520 g/mol. The molecule has 0 bridgehead atoms. The quantitative estimate of drug-likeness (QED) is 0.202. The lowest BCUT2D eigenvalue weighted by molar-refractivity contribution is 1.23. The molecule has 7 rings (SSSR count). The molecule has 7 aromatic rings. The van der Waals surface area contributed by atoms with Crippen molar-refractivity contribution in [3.63, 3.8) is 0 Å². The first kappa shape index (κ1) is 26.6. The van der Waals surface area contributed by atoms with Crippen LogP contribution >= 0.6 is 0 Å². The van der Waals surface area contributed by atoms with Gasteiger partial charge in [-0.3, -0.25) is 0 Å². The average molecular weight is 555 g/mol. The smallest absolute Gasteiger partial charge is 0.0485 e. The lowest BCUT2D eigenvalue weighted by Crippen LogP contribution is -2.14. The summed E-state index contributed by atoms with van der Waals surface area (Å²) in [4.78, 5) is 4.74. The Morgan fingerprint density at radius 1 is 0.279 bits per heavy atom. The van der Waals surface area contributed by atoms with Crippen LogP contribution in [0, 0.1) is 20.8 Å². The molecule has 0 radical (unpaired) electrons. The van der Waals surface area contributed by atoms with E-state index < -0.39 is 0 Å². The zero-order valence-electron chi connectivity index (χ0n) is 24.8. The minimum Gasteiger partial charge on any atom is -0.310 e. The van der Waals surface area contributed by atoms with Gasteiger partial charge in [0, 0.05) is 34.1 Å². The van der Waals surface area contributed by atoms with E-state index in [1.807, 2.05) is 0 Å². The first-order valence-electron chi connectivity index (χ1n) is 14.8. The number of fused-ring (bicyclic) bond motifs is 2. The van der Waals surface area contributed by atoms with Crippen LogP contribution in [0.1, 0.15) is 16.7 Å². The van der Waals surface area contributed by atoms with Crippen molar-refractivity contribution in [2.24, 2.45) is 0 Å². The Bertz CT molecular complexity index is 1910. The van der Waals surface area contributed by atoms with E-state index in [2.05, 4.69) is 182 Å². The van der Waals surface area contributed by atoms with E-state index in [4.69, 9.17) is 0 Å². The monoisotopic (exact) mass is 554 g/mol. The maximum Gasteiger partial charge on any atom is 0.0485 e. The Hall–Kier alpha value is -5.34. The van der Waals surface area contributed by atoms with Gasteiger partial charge in [-0.2, -0.15) is 0 Å². The largest absolute Gasteiger partial charge is 0.310 e. The fourth-order valence-corrected chi connectivity index (χ4v) is 5.91. The van der Waals surface area contributed by atoms with Crippen LogP contribution < -0.4 is 9.80 Å². The molecule has 0 fully saturated rings. The minimum absolute atomic E-state index is 1.12. The number of anilines is 6. The Morgan fingerprint density at radius 3 is 1.07 bits per heavy atom. The summed E-state index contributed by atoms with van der Waals surface area (Å²) in [6.45, 7) is 6.46. The van der Waals surface area contributed by atoms with Crippen molar-refractivity contribution in [2.45, 2.75) is 20.8 Å². The van der Waals surface area contributed by atoms with Gasteiger partial charge >= 0.3 is 0 Å². The molecule has 0 heterocycles. The van der Waals surface area contributed by atoms with Crippen LogP contribution in [-0.2, 0) is 0 Å². The lowest BCUT2D eigenvalue weighted by atomic mass is 10.1. The van der Waals surface area contributed by atoms with E-state index in [9.17, 15) is 0 Å². The first-order valence-corrected chi connectivity index (χ1v) is 14.8. The highest BCUT2D eigenvalue weighted by Crippen LogP contribution is 2.42. The maximum atomic E-state index is 2.37. The van der Waals surface area contributed by atoms with E-state index in [-0.39, 0.29) is 0 Å². The number of hydrogen-bond acceptors (Lipinski definition) is 2. The molecule has 0 N–H and O–H groups in total. The Labute approximate surface area is 254 Å². The average Bonchev–Trinajstić information content (AvgIpc) is 3.03. The van der Waals surface area contributed by atoms with Gasteiger partial charge in [0.1, 0.15) is 0 Å². The van der Waals surface area contributed by atoms with Gasteiger partial charge < -0.3 is 9.80 Å². The molecule has 0 amide bonds. The van der Waals surface area contributed by atoms with Crippen LogP contribution in [0.25, 0.3) is 21.5 Å². The summed E-state index contributed by atoms with van der Waals surface area (Å²) >= 11 is 0. The standard InChI is InChI=1S/C41H34N2/c1-29-12-18-36(19-13-29)42(38-22-16-32-8-4-6-10-34(32)26-38)40-24-31(3)25-41(28-40)43(37-20-14-30(2)15-21-37)39-23-17-33-9-5-7-11-35(33)27-39/h4-28H,1-3H3. The molecule has 0 atom stereocenters. The summed E-state index contributed by atoms with van der Waals surface area (Å²) in [5.74, 6) is 0. The topological polar surface area (TPSA) is 6.48 Å². The molecule has 0 aliphatic carbocycles. The number of rotatable bonds is 6. The van der Waals surface area contributed by atoms with E-state index >= 15 is 0 Å². The molecule has 43 heavy (non-hydrogen) atoms. The van der Waals surface area contributed by atoms with Gasteiger partial charge in [0.25, 0.3) is 0 Å². The third kappa shape index (κ3) is 5.36. The second-order valence-corrected chi connectivity index (χ2v) is 11.4. The number of aryl methyl sites for hydroxylation is 3. The molecule has 0 saturated carbocycles. The van der Waals surface area contributed by atoms with Gasteiger partial charge in [-0.05, 0) is 115 Å². The Morgan fingerprint density at radius 2 is 0.651 bits per heavy atom. The van der Waals surface area contributed by atoms with Gasteiger partial charge in [0.05, 0.1) is 0 Å². The molecule has 0 saturated heterocycles. The fourth-order valence-electron chi connectivity index (χ4n) is 5.91. The maximum absolute atomic E-state index is 2.37. The molecule has 0 aliphatic rings. The zero-order chi connectivity index (χ0) is 29.3. The van der Waals surface area contributed by atoms with E-state index in [0.29, 0.717) is 0 Å². The highest BCUT2D eigenvalue weighted by atomic mass is 15.2. The fraction of sp³-hybridized carbons (Fsp3) is 0.0732. The van der Waals surface area contributed by atoms with Crippen molar-refractivity contribution in [1.29, 1.82) is 0 Å². The highest BCUT2D eigenvalue weighted by Gasteiger charge is 2.19. The molecule has 0 aliphatic heterocycles. The summed E-state index contributed by atoms with van der Waals surface area (Å²) in [5.41, 5.74) is 10.4. The van der Waals surface area contributed by atoms with Crippen molar-refractivity contribution >= 4 is 55.7 Å². The van der Waals surface area contributed by atoms with Crippen molar-refractivity contribution in [3.05, 3.63) is 168 Å². The van der Waals surface area contributed by atoms with Crippen LogP contribution in [0.2, 0.25) is 0 Å². The lowest BCUT2D eigenvalue weighted by Gasteiger charge is -2.30. The van der Waals surface area contributed by atoms with E-state index in [1.54, 1.807) is 0 Å². The van der Waals surface area contributed by atoms with Crippen LogP contribution in [0.5, 0.6) is 0 Å². The predicted octanol–water partition coefficient (Wildman–Crippen LogP) is 11.9. The Balaban J connectivity index is 1.43. The first-order chi connectivity index (χ1) is 21.0. The minimum atomic E-state index is 1.12. The second-order valence-electron chi connectivity index (χ2n) is 11.4. The number of benzene rings is 7. The summed E-state index contributed by atoms with van der Waals surface area (Å²) in [6.07, 6.45) is 0. The van der Waals surface area contributed by atoms with Gasteiger partial charge in [-0.25, -0.2) is 0 Å². The molecular formula is C41H34N2. The second kappa shape index (κ2) is 11.2. The van der Waals surface area contributed by atoms with Crippen LogP contribution in [-0.4, -0.2) is 0 Å². The van der Waals surface area contributed by atoms with Gasteiger partial charge in [-0.1, -0.05) is 96.1 Å². The molecule has 208 valence electrons. The summed E-state index contributed by atoms with van der Waals surface area (Å²) < 4.78 is 0. The van der Waals surface area contributed by atoms with Gasteiger partial charge in [0.15, 0.2) is 0 Å². The zero-order valence-corrected chi connectivity index (χ0v) is 24.8. The highest BCUT2D eigenvalue weighted by molar-refractivity contribution is 5.92. The van der Waals surface area contributed by atoms with Gasteiger partial charge in [-0.15, -0.1) is 0 Å². The number of nitrogens with zero attached hydrogens (tertiary/aromatic N) is 2. The predicted molar refractivity (Wildman–Crippen MR) is 185 cm³/mol. The van der Waals surface area contributed by atoms with Crippen molar-refractivity contribution < 1.29 is 0 Å². The molecule has 0 spiro atoms. The SMILES string of the molecule is Cc1ccc(N(c2cc(C)cc(N(c3ccc(C)cc3)c3ccc4ccccc4c3)c2)c2ccc3ccccc3c2)cc1. The summed E-state index contributed by atoms with van der Waals surface area (Å²) in [5, 5.41) is 4.92. The molecule has 0 unspecified atom stereocenters. The van der Waals surface area contributed by atoms with E-state index in [1.165, 1.54) is 38.2 Å². The molecule has 2 heteroatoms. The molecule has 2 nitrogen and oxygen atoms in total. The third-order valence-electron chi connectivity index (χ3n) is 8.13. The van der Waals surface area contributed by atoms with E-state index in [0.717, 1.165) is 34.1 Å². The third-order valence-corrected chi connectivity index (χ3v) is 8.13.